The number of nitrogen functional groups attached to an aromatic ring is 1. The minimum atomic E-state index is -0.840. The van der Waals surface area contributed by atoms with Gasteiger partial charge in [0.2, 0.25) is 5.95 Å². The van der Waals surface area contributed by atoms with E-state index in [1.807, 2.05) is 24.5 Å². The third-order valence-electron chi connectivity index (χ3n) is 4.49. The number of nitrogens with two attached hydrogens (primary N) is 1. The lowest BCUT2D eigenvalue weighted by Gasteiger charge is -2.20. The molecular weight excluding hydrogens is 324 g/mol. The highest BCUT2D eigenvalue weighted by Gasteiger charge is 2.26. The quantitative estimate of drug-likeness (QED) is 0.559. The summed E-state index contributed by atoms with van der Waals surface area (Å²) in [6.07, 6.45) is 6.44. The molecule has 9 nitrogen and oxygen atoms in total. The third kappa shape index (κ3) is 3.41. The van der Waals surface area contributed by atoms with E-state index in [1.54, 1.807) is 6.33 Å². The van der Waals surface area contributed by atoms with Gasteiger partial charge in [-0.05, 0) is 18.3 Å². The molecule has 1 aliphatic carbocycles. The van der Waals surface area contributed by atoms with Crippen molar-refractivity contribution in [1.29, 1.82) is 0 Å². The standard InChI is InChI=1S/C16H22N6O3/c1-8(2)11(15(24)25)18-6-9-3-4-10(5-9)22-7-19-12-13(22)20-16(17)21-14(12)23/h3-4,7-11,18H,5-6H2,1-2H3,(H,24,25)(H3,17,20,21,23)/t9?,10?,11-/m0/s1. The normalized spacial score (nSPS) is 21.2. The number of allylic oxidation sites excluding steroid dienone is 1. The zero-order valence-corrected chi connectivity index (χ0v) is 14.1. The van der Waals surface area contributed by atoms with E-state index in [1.165, 1.54) is 0 Å². The number of aromatic amines is 1. The highest BCUT2D eigenvalue weighted by Crippen LogP contribution is 2.29. The molecule has 0 radical (unpaired) electrons. The third-order valence-corrected chi connectivity index (χ3v) is 4.49. The van der Waals surface area contributed by atoms with Gasteiger partial charge in [0.15, 0.2) is 11.2 Å². The van der Waals surface area contributed by atoms with E-state index < -0.39 is 12.0 Å². The Kier molecular flexibility index (Phi) is 4.58. The second-order valence-corrected chi connectivity index (χ2v) is 6.69. The van der Waals surface area contributed by atoms with Crippen molar-refractivity contribution >= 4 is 23.1 Å². The SMILES string of the molecule is CC(C)[C@H](NCC1C=CC(n2cnc3c(=O)[nH]c(N)nc32)C1)C(=O)O. The van der Waals surface area contributed by atoms with E-state index in [0.717, 1.165) is 6.42 Å². The summed E-state index contributed by atoms with van der Waals surface area (Å²) in [5, 5.41) is 12.4. The Morgan fingerprint density at radius 1 is 1.52 bits per heavy atom. The van der Waals surface area contributed by atoms with Crippen molar-refractivity contribution in [3.8, 4) is 0 Å². The van der Waals surface area contributed by atoms with Crippen molar-refractivity contribution < 1.29 is 9.90 Å². The van der Waals surface area contributed by atoms with Gasteiger partial charge < -0.3 is 20.7 Å². The van der Waals surface area contributed by atoms with E-state index in [9.17, 15) is 14.7 Å². The molecule has 2 aromatic heterocycles. The maximum Gasteiger partial charge on any atom is 0.320 e. The summed E-state index contributed by atoms with van der Waals surface area (Å²) < 4.78 is 1.83. The van der Waals surface area contributed by atoms with Crippen molar-refractivity contribution in [2.45, 2.75) is 32.4 Å². The van der Waals surface area contributed by atoms with Crippen LogP contribution in [-0.4, -0.2) is 43.2 Å². The molecule has 0 saturated carbocycles. The number of carboxylic acid groups (broad SMARTS) is 1. The number of hydrogen-bond acceptors (Lipinski definition) is 6. The Morgan fingerprint density at radius 2 is 2.28 bits per heavy atom. The van der Waals surface area contributed by atoms with Crippen molar-refractivity contribution in [3.05, 3.63) is 28.8 Å². The molecule has 2 unspecified atom stereocenters. The molecule has 0 spiro atoms. The first-order valence-electron chi connectivity index (χ1n) is 8.23. The van der Waals surface area contributed by atoms with Crippen LogP contribution in [-0.2, 0) is 4.79 Å². The monoisotopic (exact) mass is 346 g/mol. The highest BCUT2D eigenvalue weighted by molar-refractivity contribution is 5.73. The first-order chi connectivity index (χ1) is 11.9. The van der Waals surface area contributed by atoms with Crippen LogP contribution >= 0.6 is 0 Å². The fourth-order valence-electron chi connectivity index (χ4n) is 3.18. The highest BCUT2D eigenvalue weighted by atomic mass is 16.4. The number of H-pyrrole nitrogens is 1. The summed E-state index contributed by atoms with van der Waals surface area (Å²) in [5.74, 6) is -0.578. The fraction of sp³-hybridized carbons (Fsp3) is 0.500. The van der Waals surface area contributed by atoms with Crippen molar-refractivity contribution in [2.75, 3.05) is 12.3 Å². The second kappa shape index (κ2) is 6.67. The molecule has 0 amide bonds. The van der Waals surface area contributed by atoms with Crippen LogP contribution in [0.5, 0.6) is 0 Å². The van der Waals surface area contributed by atoms with Gasteiger partial charge in [-0.3, -0.25) is 14.6 Å². The van der Waals surface area contributed by atoms with Crippen molar-refractivity contribution in [2.24, 2.45) is 11.8 Å². The summed E-state index contributed by atoms with van der Waals surface area (Å²) >= 11 is 0. The number of hydrogen-bond donors (Lipinski definition) is 4. The zero-order chi connectivity index (χ0) is 18.1. The number of anilines is 1. The van der Waals surface area contributed by atoms with E-state index >= 15 is 0 Å². The summed E-state index contributed by atoms with van der Waals surface area (Å²) in [5.41, 5.74) is 5.98. The molecule has 25 heavy (non-hydrogen) atoms. The number of carbonyl (C=O) groups is 1. The van der Waals surface area contributed by atoms with Crippen LogP contribution in [0.3, 0.4) is 0 Å². The van der Waals surface area contributed by atoms with Gasteiger partial charge in [-0.25, -0.2) is 4.98 Å². The molecule has 0 aliphatic heterocycles. The molecule has 9 heteroatoms. The summed E-state index contributed by atoms with van der Waals surface area (Å²) in [4.78, 5) is 33.9. The molecule has 134 valence electrons. The first-order valence-corrected chi connectivity index (χ1v) is 8.23. The molecule has 0 bridgehead atoms. The molecule has 2 heterocycles. The lowest BCUT2D eigenvalue weighted by molar-refractivity contribution is -0.140. The molecule has 0 fully saturated rings. The van der Waals surface area contributed by atoms with E-state index in [4.69, 9.17) is 5.73 Å². The van der Waals surface area contributed by atoms with Gasteiger partial charge in [0.25, 0.3) is 5.56 Å². The van der Waals surface area contributed by atoms with Crippen LogP contribution in [0.4, 0.5) is 5.95 Å². The fourth-order valence-corrected chi connectivity index (χ4v) is 3.18. The molecule has 5 N–H and O–H groups in total. The van der Waals surface area contributed by atoms with Gasteiger partial charge in [-0.15, -0.1) is 0 Å². The molecule has 0 saturated heterocycles. The van der Waals surface area contributed by atoms with Gasteiger partial charge >= 0.3 is 5.97 Å². The van der Waals surface area contributed by atoms with Gasteiger partial charge in [-0.2, -0.15) is 4.98 Å². The zero-order valence-electron chi connectivity index (χ0n) is 14.1. The number of imidazole rings is 1. The molecular formula is C16H22N6O3. The Labute approximate surface area is 144 Å². The summed E-state index contributed by atoms with van der Waals surface area (Å²) in [7, 11) is 0. The predicted molar refractivity (Wildman–Crippen MR) is 93.1 cm³/mol. The minimum Gasteiger partial charge on any atom is -0.480 e. The number of nitrogens with zero attached hydrogens (tertiary/aromatic N) is 3. The Morgan fingerprint density at radius 3 is 2.96 bits per heavy atom. The van der Waals surface area contributed by atoms with Crippen LogP contribution in [0.1, 0.15) is 26.3 Å². The molecule has 0 aromatic carbocycles. The maximum atomic E-state index is 11.9. The number of fused-ring (bicyclic) bond motifs is 1. The number of aliphatic carboxylic acids is 1. The number of carboxylic acids is 1. The molecule has 3 atom stereocenters. The minimum absolute atomic E-state index is 0.00725. The lowest BCUT2D eigenvalue weighted by Crippen LogP contribution is -2.42. The number of nitrogens with one attached hydrogen (secondary N) is 2. The van der Waals surface area contributed by atoms with Crippen LogP contribution in [0, 0.1) is 11.8 Å². The Balaban J connectivity index is 1.71. The second-order valence-electron chi connectivity index (χ2n) is 6.69. The maximum absolute atomic E-state index is 11.9. The number of aromatic nitrogens is 4. The number of rotatable bonds is 6. The largest absolute Gasteiger partial charge is 0.480 e. The molecule has 2 aromatic rings. The van der Waals surface area contributed by atoms with Crippen molar-refractivity contribution in [1.82, 2.24) is 24.8 Å². The van der Waals surface area contributed by atoms with Crippen LogP contribution in [0.2, 0.25) is 0 Å². The van der Waals surface area contributed by atoms with Crippen molar-refractivity contribution in [3.63, 3.8) is 0 Å². The smallest absolute Gasteiger partial charge is 0.320 e. The Hall–Kier alpha value is -2.68. The van der Waals surface area contributed by atoms with Crippen LogP contribution in [0.15, 0.2) is 23.3 Å². The van der Waals surface area contributed by atoms with E-state index in [-0.39, 0.29) is 34.9 Å². The molecule has 1 aliphatic rings. The van der Waals surface area contributed by atoms with E-state index in [2.05, 4.69) is 26.3 Å². The van der Waals surface area contributed by atoms with Crippen LogP contribution in [0.25, 0.3) is 11.2 Å². The van der Waals surface area contributed by atoms with Gasteiger partial charge in [-0.1, -0.05) is 26.0 Å². The van der Waals surface area contributed by atoms with Gasteiger partial charge in [0.05, 0.1) is 12.4 Å². The van der Waals surface area contributed by atoms with Gasteiger partial charge in [0, 0.05) is 6.54 Å². The topological polar surface area (TPSA) is 139 Å². The average molecular weight is 346 g/mol. The Bertz CT molecular complexity index is 868. The van der Waals surface area contributed by atoms with Gasteiger partial charge in [0.1, 0.15) is 6.04 Å². The average Bonchev–Trinajstić information content (AvgIpc) is 3.13. The summed E-state index contributed by atoms with van der Waals surface area (Å²) in [6, 6.07) is -0.561. The summed E-state index contributed by atoms with van der Waals surface area (Å²) in [6.45, 7) is 4.33. The van der Waals surface area contributed by atoms with E-state index in [0.29, 0.717) is 12.2 Å². The predicted octanol–water partition coefficient (Wildman–Crippen LogP) is 0.518. The lowest BCUT2D eigenvalue weighted by atomic mass is 10.0. The molecule has 3 rings (SSSR count). The van der Waals surface area contributed by atoms with Crippen LogP contribution < -0.4 is 16.6 Å². The first kappa shape index (κ1) is 17.2.